The fourth-order valence-electron chi connectivity index (χ4n) is 2.26. The zero-order chi connectivity index (χ0) is 15.0. The Balaban J connectivity index is 2.35. The van der Waals surface area contributed by atoms with Crippen molar-refractivity contribution in [2.45, 2.75) is 38.3 Å². The average Bonchev–Trinajstić information content (AvgIpc) is 3.20. The van der Waals surface area contributed by atoms with E-state index in [1.807, 2.05) is 13.8 Å². The Morgan fingerprint density at radius 2 is 1.85 bits per heavy atom. The van der Waals surface area contributed by atoms with Gasteiger partial charge in [0.25, 0.3) is 0 Å². The van der Waals surface area contributed by atoms with E-state index in [0.717, 1.165) is 12.8 Å². The van der Waals surface area contributed by atoms with Gasteiger partial charge in [0, 0.05) is 13.2 Å². The van der Waals surface area contributed by atoms with Crippen molar-refractivity contribution in [3.8, 4) is 0 Å². The molecule has 0 radical (unpaired) electrons. The van der Waals surface area contributed by atoms with E-state index in [4.69, 9.17) is 14.2 Å². The minimum atomic E-state index is -0.958. The summed E-state index contributed by atoms with van der Waals surface area (Å²) in [5, 5.41) is 12.7. The molecule has 1 aliphatic rings. The van der Waals surface area contributed by atoms with E-state index in [1.54, 1.807) is 7.11 Å². The van der Waals surface area contributed by atoms with Crippen LogP contribution in [-0.4, -0.2) is 62.8 Å². The Labute approximate surface area is 120 Å². The fraction of sp³-hybridized carbons (Fsp3) is 0.929. The first kappa shape index (κ1) is 17.4. The summed E-state index contributed by atoms with van der Waals surface area (Å²) in [6.45, 7) is 6.00. The standard InChI is InChI=1S/C14H27NO5/c1-11(2)15-14(13(16)17,12-4-5-12)10-20-9-8-19-7-6-18-3/h11-12,15H,4-10H2,1-3H3,(H,16,17). The Morgan fingerprint density at radius 1 is 1.25 bits per heavy atom. The van der Waals surface area contributed by atoms with Crippen molar-refractivity contribution in [3.63, 3.8) is 0 Å². The first-order valence-corrected chi connectivity index (χ1v) is 7.18. The van der Waals surface area contributed by atoms with Crippen molar-refractivity contribution in [1.82, 2.24) is 5.32 Å². The third kappa shape index (κ3) is 5.36. The molecule has 0 heterocycles. The van der Waals surface area contributed by atoms with Crippen LogP contribution in [0.4, 0.5) is 0 Å². The van der Waals surface area contributed by atoms with Crippen LogP contribution in [0.3, 0.4) is 0 Å². The maximum Gasteiger partial charge on any atom is 0.326 e. The number of aliphatic carboxylic acids is 1. The summed E-state index contributed by atoms with van der Waals surface area (Å²) in [4.78, 5) is 11.7. The summed E-state index contributed by atoms with van der Waals surface area (Å²) in [6, 6.07) is 0.105. The second-order valence-electron chi connectivity index (χ2n) is 5.51. The number of nitrogens with one attached hydrogen (secondary N) is 1. The normalized spacial score (nSPS) is 18.2. The molecule has 1 rings (SSSR count). The third-order valence-corrected chi connectivity index (χ3v) is 3.34. The molecule has 2 N–H and O–H groups in total. The van der Waals surface area contributed by atoms with Gasteiger partial charge in [0.15, 0.2) is 0 Å². The molecule has 0 saturated heterocycles. The van der Waals surface area contributed by atoms with Gasteiger partial charge in [-0.1, -0.05) is 0 Å². The van der Waals surface area contributed by atoms with Crippen LogP contribution in [0.25, 0.3) is 0 Å². The maximum absolute atomic E-state index is 11.7. The Morgan fingerprint density at radius 3 is 2.35 bits per heavy atom. The predicted molar refractivity (Wildman–Crippen MR) is 74.9 cm³/mol. The molecule has 0 aromatic carbocycles. The molecular weight excluding hydrogens is 262 g/mol. The number of carboxylic acid groups (broad SMARTS) is 1. The highest BCUT2D eigenvalue weighted by atomic mass is 16.5. The lowest BCUT2D eigenvalue weighted by atomic mass is 9.93. The van der Waals surface area contributed by atoms with Gasteiger partial charge < -0.3 is 19.3 Å². The van der Waals surface area contributed by atoms with E-state index >= 15 is 0 Å². The molecule has 0 aromatic rings. The van der Waals surface area contributed by atoms with Crippen LogP contribution in [0.5, 0.6) is 0 Å². The first-order chi connectivity index (χ1) is 9.53. The topological polar surface area (TPSA) is 77.0 Å². The Kier molecular flexibility index (Phi) is 7.43. The Bertz CT molecular complexity index is 293. The summed E-state index contributed by atoms with van der Waals surface area (Å²) in [7, 11) is 1.62. The summed E-state index contributed by atoms with van der Waals surface area (Å²) < 4.78 is 15.7. The number of ether oxygens (including phenoxy) is 3. The number of methoxy groups -OCH3 is 1. The van der Waals surface area contributed by atoms with Gasteiger partial charge in [-0.05, 0) is 32.6 Å². The van der Waals surface area contributed by atoms with Crippen molar-refractivity contribution >= 4 is 5.97 Å². The van der Waals surface area contributed by atoms with Crippen LogP contribution in [0.2, 0.25) is 0 Å². The minimum Gasteiger partial charge on any atom is -0.480 e. The van der Waals surface area contributed by atoms with Crippen LogP contribution in [0.1, 0.15) is 26.7 Å². The van der Waals surface area contributed by atoms with E-state index in [2.05, 4.69) is 5.32 Å². The fourth-order valence-corrected chi connectivity index (χ4v) is 2.26. The molecule has 1 unspecified atom stereocenters. The Hall–Kier alpha value is -0.690. The molecule has 0 aromatic heterocycles. The predicted octanol–water partition coefficient (Wildman–Crippen LogP) is 0.897. The second kappa shape index (κ2) is 8.56. The lowest BCUT2D eigenvalue weighted by molar-refractivity contribution is -0.150. The van der Waals surface area contributed by atoms with Crippen LogP contribution in [0.15, 0.2) is 0 Å². The molecule has 20 heavy (non-hydrogen) atoms. The van der Waals surface area contributed by atoms with Gasteiger partial charge >= 0.3 is 5.97 Å². The summed E-state index contributed by atoms with van der Waals surface area (Å²) in [6.07, 6.45) is 1.89. The van der Waals surface area contributed by atoms with Crippen molar-refractivity contribution in [1.29, 1.82) is 0 Å². The van der Waals surface area contributed by atoms with E-state index in [0.29, 0.717) is 26.4 Å². The van der Waals surface area contributed by atoms with E-state index in [1.165, 1.54) is 0 Å². The van der Waals surface area contributed by atoms with Gasteiger partial charge in [0.05, 0.1) is 33.0 Å². The van der Waals surface area contributed by atoms with Crippen molar-refractivity contribution in [3.05, 3.63) is 0 Å². The molecule has 1 fully saturated rings. The van der Waals surface area contributed by atoms with E-state index < -0.39 is 11.5 Å². The lowest BCUT2D eigenvalue weighted by Gasteiger charge is -2.32. The van der Waals surface area contributed by atoms with E-state index in [-0.39, 0.29) is 18.6 Å². The number of hydrogen-bond acceptors (Lipinski definition) is 5. The summed E-state index contributed by atoms with van der Waals surface area (Å²) in [5.41, 5.74) is -0.958. The SMILES string of the molecule is COCCOCCOCC(NC(C)C)(C(=O)O)C1CC1. The molecule has 6 nitrogen and oxygen atoms in total. The van der Waals surface area contributed by atoms with Gasteiger partial charge in [-0.2, -0.15) is 0 Å². The van der Waals surface area contributed by atoms with Gasteiger partial charge in [-0.25, -0.2) is 0 Å². The van der Waals surface area contributed by atoms with Crippen molar-refractivity contribution in [2.24, 2.45) is 5.92 Å². The minimum absolute atomic E-state index is 0.105. The first-order valence-electron chi connectivity index (χ1n) is 7.18. The lowest BCUT2D eigenvalue weighted by Crippen LogP contribution is -2.59. The zero-order valence-corrected chi connectivity index (χ0v) is 12.7. The molecule has 0 amide bonds. The summed E-state index contributed by atoms with van der Waals surface area (Å²) >= 11 is 0. The number of hydrogen-bond donors (Lipinski definition) is 2. The molecule has 1 atom stereocenters. The molecule has 0 aliphatic heterocycles. The highest BCUT2D eigenvalue weighted by Crippen LogP contribution is 2.40. The largest absolute Gasteiger partial charge is 0.480 e. The number of rotatable bonds is 12. The van der Waals surface area contributed by atoms with Crippen LogP contribution in [-0.2, 0) is 19.0 Å². The molecule has 0 spiro atoms. The zero-order valence-electron chi connectivity index (χ0n) is 12.7. The maximum atomic E-state index is 11.7. The average molecular weight is 289 g/mol. The van der Waals surface area contributed by atoms with Crippen LogP contribution < -0.4 is 5.32 Å². The van der Waals surface area contributed by atoms with Gasteiger partial charge in [-0.15, -0.1) is 0 Å². The third-order valence-electron chi connectivity index (χ3n) is 3.34. The molecule has 0 bridgehead atoms. The van der Waals surface area contributed by atoms with Gasteiger partial charge in [-0.3, -0.25) is 10.1 Å². The molecule has 1 saturated carbocycles. The van der Waals surface area contributed by atoms with Crippen LogP contribution in [0, 0.1) is 5.92 Å². The van der Waals surface area contributed by atoms with Gasteiger partial charge in [0.2, 0.25) is 0 Å². The quantitative estimate of drug-likeness (QED) is 0.520. The highest BCUT2D eigenvalue weighted by Gasteiger charge is 2.51. The van der Waals surface area contributed by atoms with Gasteiger partial charge in [0.1, 0.15) is 5.54 Å². The monoisotopic (exact) mass is 289 g/mol. The van der Waals surface area contributed by atoms with Crippen molar-refractivity contribution < 1.29 is 24.1 Å². The number of carbonyl (C=O) groups is 1. The highest BCUT2D eigenvalue weighted by molar-refractivity contribution is 5.80. The van der Waals surface area contributed by atoms with Crippen molar-refractivity contribution in [2.75, 3.05) is 40.1 Å². The molecule has 1 aliphatic carbocycles. The molecule has 6 heteroatoms. The molecule has 118 valence electrons. The smallest absolute Gasteiger partial charge is 0.326 e. The number of carboxylic acids is 1. The summed E-state index contributed by atoms with van der Waals surface area (Å²) in [5.74, 6) is -0.661. The second-order valence-corrected chi connectivity index (χ2v) is 5.51. The van der Waals surface area contributed by atoms with Crippen LogP contribution >= 0.6 is 0 Å². The van der Waals surface area contributed by atoms with E-state index in [9.17, 15) is 9.90 Å². The molecular formula is C14H27NO5.